The van der Waals surface area contributed by atoms with Gasteiger partial charge in [0.2, 0.25) is 0 Å². The summed E-state index contributed by atoms with van der Waals surface area (Å²) in [6.07, 6.45) is 0. The van der Waals surface area contributed by atoms with Crippen LogP contribution in [0.1, 0.15) is 31.0 Å². The van der Waals surface area contributed by atoms with Crippen molar-refractivity contribution in [3.63, 3.8) is 0 Å². The van der Waals surface area contributed by atoms with Crippen LogP contribution in [0.3, 0.4) is 0 Å². The van der Waals surface area contributed by atoms with E-state index in [0.29, 0.717) is 12.6 Å². The third-order valence-electron chi connectivity index (χ3n) is 3.16. The number of rotatable bonds is 6. The molecule has 2 nitrogen and oxygen atoms in total. The van der Waals surface area contributed by atoms with Gasteiger partial charge in [0.05, 0.1) is 0 Å². The first-order chi connectivity index (χ1) is 9.69. The minimum Gasteiger partial charge on any atom is -0.489 e. The van der Waals surface area contributed by atoms with Crippen molar-refractivity contribution in [1.82, 2.24) is 5.32 Å². The fourth-order valence-electron chi connectivity index (χ4n) is 2.09. The maximum atomic E-state index is 5.87. The van der Waals surface area contributed by atoms with Gasteiger partial charge in [-0.3, -0.25) is 0 Å². The van der Waals surface area contributed by atoms with Gasteiger partial charge in [-0.15, -0.1) is 0 Å². The number of nitrogens with one attached hydrogen (secondary N) is 1. The predicted molar refractivity (Wildman–Crippen MR) is 87.0 cm³/mol. The normalized spacial score (nSPS) is 12.2. The van der Waals surface area contributed by atoms with Crippen LogP contribution in [0.2, 0.25) is 0 Å². The van der Waals surface area contributed by atoms with Crippen molar-refractivity contribution in [2.75, 3.05) is 6.54 Å². The minimum atomic E-state index is 0.342. The molecule has 2 aromatic carbocycles. The SMILES string of the molecule is CCNC(C)c1cccc(OCc2cccc(Br)c2)c1. The van der Waals surface area contributed by atoms with Crippen molar-refractivity contribution in [3.8, 4) is 5.75 Å². The molecule has 0 bridgehead atoms. The van der Waals surface area contributed by atoms with Crippen LogP contribution >= 0.6 is 15.9 Å². The second kappa shape index (κ2) is 7.46. The topological polar surface area (TPSA) is 21.3 Å². The average molecular weight is 334 g/mol. The lowest BCUT2D eigenvalue weighted by Gasteiger charge is -2.14. The summed E-state index contributed by atoms with van der Waals surface area (Å²) >= 11 is 3.47. The van der Waals surface area contributed by atoms with E-state index in [1.54, 1.807) is 0 Å². The van der Waals surface area contributed by atoms with Crippen LogP contribution in [0.5, 0.6) is 5.75 Å². The third-order valence-corrected chi connectivity index (χ3v) is 3.66. The first-order valence-corrected chi connectivity index (χ1v) is 7.69. The lowest BCUT2D eigenvalue weighted by molar-refractivity contribution is 0.305. The van der Waals surface area contributed by atoms with E-state index in [-0.39, 0.29) is 0 Å². The van der Waals surface area contributed by atoms with Crippen LogP contribution in [0.15, 0.2) is 53.0 Å². The molecule has 0 amide bonds. The van der Waals surface area contributed by atoms with E-state index < -0.39 is 0 Å². The van der Waals surface area contributed by atoms with Crippen LogP contribution in [-0.4, -0.2) is 6.54 Å². The molecule has 0 aliphatic heterocycles. The fourth-order valence-corrected chi connectivity index (χ4v) is 2.54. The molecule has 1 N–H and O–H groups in total. The van der Waals surface area contributed by atoms with E-state index in [0.717, 1.165) is 22.3 Å². The number of ether oxygens (including phenoxy) is 1. The quantitative estimate of drug-likeness (QED) is 0.827. The molecule has 0 saturated carbocycles. The molecule has 106 valence electrons. The lowest BCUT2D eigenvalue weighted by atomic mass is 10.1. The zero-order valence-corrected chi connectivity index (χ0v) is 13.5. The van der Waals surface area contributed by atoms with Crippen molar-refractivity contribution in [3.05, 3.63) is 64.1 Å². The fraction of sp³-hybridized carbons (Fsp3) is 0.294. The van der Waals surface area contributed by atoms with Crippen LogP contribution in [-0.2, 0) is 6.61 Å². The van der Waals surface area contributed by atoms with Gasteiger partial charge in [0, 0.05) is 10.5 Å². The van der Waals surface area contributed by atoms with Crippen molar-refractivity contribution in [1.29, 1.82) is 0 Å². The third kappa shape index (κ3) is 4.36. The van der Waals surface area contributed by atoms with Crippen molar-refractivity contribution >= 4 is 15.9 Å². The van der Waals surface area contributed by atoms with Crippen LogP contribution in [0.4, 0.5) is 0 Å². The Hall–Kier alpha value is -1.32. The smallest absolute Gasteiger partial charge is 0.120 e. The second-order valence-corrected chi connectivity index (χ2v) is 5.69. The molecule has 20 heavy (non-hydrogen) atoms. The summed E-state index contributed by atoms with van der Waals surface area (Å²) in [5.41, 5.74) is 2.41. The van der Waals surface area contributed by atoms with E-state index in [1.807, 2.05) is 24.3 Å². The molecule has 0 aliphatic rings. The molecule has 1 unspecified atom stereocenters. The summed E-state index contributed by atoms with van der Waals surface area (Å²) in [6, 6.07) is 16.8. The summed E-state index contributed by atoms with van der Waals surface area (Å²) < 4.78 is 6.94. The van der Waals surface area contributed by atoms with Crippen molar-refractivity contribution < 1.29 is 4.74 Å². The van der Waals surface area contributed by atoms with E-state index in [4.69, 9.17) is 4.74 Å². The Balaban J connectivity index is 2.01. The van der Waals surface area contributed by atoms with Gasteiger partial charge in [0.15, 0.2) is 0 Å². The molecule has 0 aliphatic carbocycles. The van der Waals surface area contributed by atoms with E-state index >= 15 is 0 Å². The molecule has 0 aromatic heterocycles. The molecular formula is C17H20BrNO. The largest absolute Gasteiger partial charge is 0.489 e. The Bertz CT molecular complexity index is 556. The maximum absolute atomic E-state index is 5.87. The summed E-state index contributed by atoms with van der Waals surface area (Å²) in [5, 5.41) is 3.41. The molecule has 2 rings (SSSR count). The molecule has 0 heterocycles. The Morgan fingerprint density at radius 2 is 1.95 bits per heavy atom. The molecule has 0 radical (unpaired) electrons. The highest BCUT2D eigenvalue weighted by molar-refractivity contribution is 9.10. The maximum Gasteiger partial charge on any atom is 0.120 e. The van der Waals surface area contributed by atoms with Gasteiger partial charge in [-0.1, -0.05) is 47.1 Å². The first-order valence-electron chi connectivity index (χ1n) is 6.89. The van der Waals surface area contributed by atoms with Gasteiger partial charge >= 0.3 is 0 Å². The van der Waals surface area contributed by atoms with Crippen LogP contribution < -0.4 is 10.1 Å². The number of hydrogen-bond acceptors (Lipinski definition) is 2. The minimum absolute atomic E-state index is 0.342. The van der Waals surface area contributed by atoms with Crippen LogP contribution in [0, 0.1) is 0 Å². The standard InChI is InChI=1S/C17H20BrNO/c1-3-19-13(2)15-7-5-9-17(11-15)20-12-14-6-4-8-16(18)10-14/h4-11,13,19H,3,12H2,1-2H3. The van der Waals surface area contributed by atoms with Gasteiger partial charge in [-0.05, 0) is 48.9 Å². The number of benzene rings is 2. The summed E-state index contributed by atoms with van der Waals surface area (Å²) in [5.74, 6) is 0.909. The molecular weight excluding hydrogens is 314 g/mol. The summed E-state index contributed by atoms with van der Waals surface area (Å²) in [6.45, 7) is 5.82. The first kappa shape index (κ1) is 15.1. The Kier molecular flexibility index (Phi) is 5.62. The van der Waals surface area contributed by atoms with Crippen LogP contribution in [0.25, 0.3) is 0 Å². The van der Waals surface area contributed by atoms with Gasteiger partial charge in [0.25, 0.3) is 0 Å². The van der Waals surface area contributed by atoms with Crippen molar-refractivity contribution in [2.45, 2.75) is 26.5 Å². The lowest BCUT2D eigenvalue weighted by Crippen LogP contribution is -2.17. The highest BCUT2D eigenvalue weighted by Gasteiger charge is 2.05. The molecule has 0 spiro atoms. The highest BCUT2D eigenvalue weighted by Crippen LogP contribution is 2.20. The van der Waals surface area contributed by atoms with Gasteiger partial charge in [0.1, 0.15) is 12.4 Å². The molecule has 0 fully saturated rings. The van der Waals surface area contributed by atoms with E-state index in [9.17, 15) is 0 Å². The Morgan fingerprint density at radius 3 is 2.70 bits per heavy atom. The average Bonchev–Trinajstić information content (AvgIpc) is 2.46. The number of halogens is 1. The zero-order chi connectivity index (χ0) is 14.4. The molecule has 3 heteroatoms. The molecule has 0 saturated heterocycles. The summed E-state index contributed by atoms with van der Waals surface area (Å²) in [4.78, 5) is 0. The second-order valence-electron chi connectivity index (χ2n) is 4.77. The zero-order valence-electron chi connectivity index (χ0n) is 11.9. The van der Waals surface area contributed by atoms with Gasteiger partial charge in [-0.2, -0.15) is 0 Å². The van der Waals surface area contributed by atoms with Gasteiger partial charge in [-0.25, -0.2) is 0 Å². The summed E-state index contributed by atoms with van der Waals surface area (Å²) in [7, 11) is 0. The van der Waals surface area contributed by atoms with Gasteiger partial charge < -0.3 is 10.1 Å². The molecule has 1 atom stereocenters. The Morgan fingerprint density at radius 1 is 1.15 bits per heavy atom. The van der Waals surface area contributed by atoms with E-state index in [1.165, 1.54) is 5.56 Å². The molecule has 2 aromatic rings. The Labute approximate surface area is 129 Å². The number of hydrogen-bond donors (Lipinski definition) is 1. The highest BCUT2D eigenvalue weighted by atomic mass is 79.9. The monoisotopic (exact) mass is 333 g/mol. The van der Waals surface area contributed by atoms with Crippen molar-refractivity contribution in [2.24, 2.45) is 0 Å². The van der Waals surface area contributed by atoms with E-state index in [2.05, 4.69) is 59.4 Å². The predicted octanol–water partition coefficient (Wildman–Crippen LogP) is 4.70.